The van der Waals surface area contributed by atoms with Crippen LogP contribution in [-0.4, -0.2) is 19.2 Å². The molecule has 1 heterocycles. The summed E-state index contributed by atoms with van der Waals surface area (Å²) >= 11 is 3.46. The van der Waals surface area contributed by atoms with E-state index in [-0.39, 0.29) is 11.4 Å². The van der Waals surface area contributed by atoms with E-state index in [1.165, 1.54) is 6.92 Å². The van der Waals surface area contributed by atoms with Gasteiger partial charge in [-0.25, -0.2) is 0 Å². The Labute approximate surface area is 109 Å². The lowest BCUT2D eigenvalue weighted by Crippen LogP contribution is -2.35. The zero-order valence-corrected chi connectivity index (χ0v) is 11.5. The molecule has 0 amide bonds. The Morgan fingerprint density at radius 3 is 3.06 bits per heavy atom. The second kappa shape index (κ2) is 4.69. The topological polar surface area (TPSA) is 35.5 Å². The minimum absolute atomic E-state index is 0.164. The second-order valence-corrected chi connectivity index (χ2v) is 5.50. The summed E-state index contributed by atoms with van der Waals surface area (Å²) in [6, 6.07) is 5.94. The minimum Gasteiger partial charge on any atom is -0.493 e. The average Bonchev–Trinajstić information content (AvgIpc) is 2.28. The number of carbonyl (C=O) groups is 1. The molecule has 3 nitrogen and oxygen atoms in total. The highest BCUT2D eigenvalue weighted by atomic mass is 79.9. The number of ether oxygens (including phenoxy) is 2. The zero-order valence-electron chi connectivity index (χ0n) is 9.96. The quantitative estimate of drug-likeness (QED) is 0.787. The van der Waals surface area contributed by atoms with Crippen molar-refractivity contribution >= 4 is 21.9 Å². The fourth-order valence-corrected chi connectivity index (χ4v) is 2.39. The summed E-state index contributed by atoms with van der Waals surface area (Å²) in [4.78, 5) is 10.9. The van der Waals surface area contributed by atoms with Crippen LogP contribution in [0.4, 0.5) is 0 Å². The second-order valence-electron chi connectivity index (χ2n) is 4.58. The number of hydrogen-bond donors (Lipinski definition) is 0. The molecule has 0 bridgehead atoms. The summed E-state index contributed by atoms with van der Waals surface area (Å²) in [7, 11) is 0. The maximum absolute atomic E-state index is 10.9. The van der Waals surface area contributed by atoms with Gasteiger partial charge in [-0.1, -0.05) is 22.9 Å². The number of carbonyl (C=O) groups excluding carboxylic acids is 1. The van der Waals surface area contributed by atoms with E-state index >= 15 is 0 Å². The van der Waals surface area contributed by atoms with E-state index in [0.717, 1.165) is 22.2 Å². The standard InChI is InChI=1S/C13H15BrO3/c1-9(15)17-8-13(2)5-6-16-12-4-3-10(14)7-11(12)13/h3-4,7H,5-6,8H2,1-2H3. The molecule has 0 aromatic heterocycles. The van der Waals surface area contributed by atoms with Gasteiger partial charge in [0.05, 0.1) is 6.61 Å². The van der Waals surface area contributed by atoms with Crippen LogP contribution in [0, 0.1) is 0 Å². The normalized spacial score (nSPS) is 22.5. The largest absolute Gasteiger partial charge is 0.493 e. The molecule has 0 spiro atoms. The SMILES string of the molecule is CC(=O)OCC1(C)CCOc2ccc(Br)cc21. The van der Waals surface area contributed by atoms with Crippen molar-refractivity contribution in [2.24, 2.45) is 0 Å². The van der Waals surface area contributed by atoms with E-state index in [1.54, 1.807) is 0 Å². The molecular formula is C13H15BrO3. The lowest BCUT2D eigenvalue weighted by molar-refractivity contribution is -0.143. The molecule has 1 aliphatic rings. The molecule has 1 atom stereocenters. The summed E-state index contributed by atoms with van der Waals surface area (Å²) in [5.74, 6) is 0.642. The molecule has 4 heteroatoms. The van der Waals surface area contributed by atoms with E-state index < -0.39 is 0 Å². The Morgan fingerprint density at radius 1 is 1.59 bits per heavy atom. The summed E-state index contributed by atoms with van der Waals surface area (Å²) in [6.07, 6.45) is 0.851. The van der Waals surface area contributed by atoms with Gasteiger partial charge in [-0.05, 0) is 24.6 Å². The Kier molecular flexibility index (Phi) is 3.43. The lowest BCUT2D eigenvalue weighted by atomic mass is 9.78. The van der Waals surface area contributed by atoms with E-state index in [4.69, 9.17) is 9.47 Å². The van der Waals surface area contributed by atoms with Gasteiger partial charge in [0.2, 0.25) is 0 Å². The van der Waals surface area contributed by atoms with Gasteiger partial charge in [0.25, 0.3) is 0 Å². The Balaban J connectivity index is 2.31. The number of fused-ring (bicyclic) bond motifs is 1. The predicted octanol–water partition coefficient (Wildman–Crippen LogP) is 3.05. The fourth-order valence-electron chi connectivity index (χ4n) is 2.03. The van der Waals surface area contributed by atoms with Crippen molar-refractivity contribution in [2.75, 3.05) is 13.2 Å². The molecule has 1 unspecified atom stereocenters. The lowest BCUT2D eigenvalue weighted by Gasteiger charge is -2.35. The van der Waals surface area contributed by atoms with Crippen LogP contribution in [0.1, 0.15) is 25.8 Å². The molecule has 0 saturated carbocycles. The third kappa shape index (κ3) is 2.63. The summed E-state index contributed by atoms with van der Waals surface area (Å²) < 4.78 is 11.8. The first-order chi connectivity index (χ1) is 8.01. The molecule has 1 aromatic rings. The van der Waals surface area contributed by atoms with Gasteiger partial charge in [0, 0.05) is 22.4 Å². The van der Waals surface area contributed by atoms with Crippen molar-refractivity contribution in [1.29, 1.82) is 0 Å². The number of halogens is 1. The van der Waals surface area contributed by atoms with E-state index in [9.17, 15) is 4.79 Å². The zero-order chi connectivity index (χ0) is 12.5. The molecule has 17 heavy (non-hydrogen) atoms. The maximum atomic E-state index is 10.9. The van der Waals surface area contributed by atoms with Gasteiger partial charge >= 0.3 is 5.97 Å². The summed E-state index contributed by atoms with van der Waals surface area (Å²) in [5.41, 5.74) is 0.933. The van der Waals surface area contributed by atoms with Gasteiger partial charge in [-0.2, -0.15) is 0 Å². The molecule has 0 N–H and O–H groups in total. The summed E-state index contributed by atoms with van der Waals surface area (Å²) in [5, 5.41) is 0. The third-order valence-corrected chi connectivity index (χ3v) is 3.59. The molecule has 1 aliphatic heterocycles. The Hall–Kier alpha value is -1.03. The Morgan fingerprint density at radius 2 is 2.35 bits per heavy atom. The molecule has 2 rings (SSSR count). The van der Waals surface area contributed by atoms with Crippen molar-refractivity contribution in [2.45, 2.75) is 25.7 Å². The van der Waals surface area contributed by atoms with E-state index in [0.29, 0.717) is 13.2 Å². The van der Waals surface area contributed by atoms with Crippen LogP contribution in [0.5, 0.6) is 5.75 Å². The molecule has 92 valence electrons. The third-order valence-electron chi connectivity index (χ3n) is 3.10. The highest BCUT2D eigenvalue weighted by Crippen LogP contribution is 2.40. The van der Waals surface area contributed by atoms with Crippen LogP contribution in [0.25, 0.3) is 0 Å². The van der Waals surface area contributed by atoms with Crippen LogP contribution in [0.15, 0.2) is 22.7 Å². The monoisotopic (exact) mass is 298 g/mol. The molecule has 1 aromatic carbocycles. The minimum atomic E-state index is -0.241. The Bertz CT molecular complexity index is 444. The van der Waals surface area contributed by atoms with Crippen LogP contribution >= 0.6 is 15.9 Å². The van der Waals surface area contributed by atoms with Gasteiger partial charge in [-0.15, -0.1) is 0 Å². The van der Waals surface area contributed by atoms with Crippen LogP contribution < -0.4 is 4.74 Å². The van der Waals surface area contributed by atoms with Crippen molar-refractivity contribution in [3.05, 3.63) is 28.2 Å². The van der Waals surface area contributed by atoms with Gasteiger partial charge < -0.3 is 9.47 Å². The number of benzene rings is 1. The first-order valence-electron chi connectivity index (χ1n) is 5.57. The van der Waals surface area contributed by atoms with Crippen LogP contribution in [0.3, 0.4) is 0 Å². The van der Waals surface area contributed by atoms with Crippen molar-refractivity contribution in [3.8, 4) is 5.75 Å². The van der Waals surface area contributed by atoms with E-state index in [1.807, 2.05) is 18.2 Å². The van der Waals surface area contributed by atoms with Gasteiger partial charge in [0.1, 0.15) is 12.4 Å². The number of rotatable bonds is 2. The molecule has 0 aliphatic carbocycles. The molecule has 0 fully saturated rings. The number of hydrogen-bond acceptors (Lipinski definition) is 3. The van der Waals surface area contributed by atoms with Crippen LogP contribution in [0.2, 0.25) is 0 Å². The molecule has 0 radical (unpaired) electrons. The van der Waals surface area contributed by atoms with Crippen molar-refractivity contribution in [1.82, 2.24) is 0 Å². The predicted molar refractivity (Wildman–Crippen MR) is 68.2 cm³/mol. The smallest absolute Gasteiger partial charge is 0.302 e. The van der Waals surface area contributed by atoms with Crippen molar-refractivity contribution in [3.63, 3.8) is 0 Å². The highest BCUT2D eigenvalue weighted by Gasteiger charge is 2.34. The maximum Gasteiger partial charge on any atom is 0.302 e. The average molecular weight is 299 g/mol. The van der Waals surface area contributed by atoms with E-state index in [2.05, 4.69) is 22.9 Å². The molecular weight excluding hydrogens is 284 g/mol. The fraction of sp³-hybridized carbons (Fsp3) is 0.462. The van der Waals surface area contributed by atoms with Crippen molar-refractivity contribution < 1.29 is 14.3 Å². The first kappa shape index (κ1) is 12.4. The summed E-state index contributed by atoms with van der Waals surface area (Å²) in [6.45, 7) is 4.59. The van der Waals surface area contributed by atoms with Crippen LogP contribution in [-0.2, 0) is 14.9 Å². The number of esters is 1. The van der Waals surface area contributed by atoms with Gasteiger partial charge in [0.15, 0.2) is 0 Å². The van der Waals surface area contributed by atoms with Gasteiger partial charge in [-0.3, -0.25) is 4.79 Å². The highest BCUT2D eigenvalue weighted by molar-refractivity contribution is 9.10. The first-order valence-corrected chi connectivity index (χ1v) is 6.37. The molecule has 0 saturated heterocycles.